The van der Waals surface area contributed by atoms with E-state index in [-0.39, 0.29) is 0 Å². The maximum absolute atomic E-state index is 3.56. The molecule has 2 aliphatic rings. The molecule has 2 fully saturated rings. The minimum absolute atomic E-state index is 0.862. The van der Waals surface area contributed by atoms with Gasteiger partial charge in [0.15, 0.2) is 0 Å². The molecule has 0 radical (unpaired) electrons. The summed E-state index contributed by atoms with van der Waals surface area (Å²) in [4.78, 5) is 5.32. The summed E-state index contributed by atoms with van der Waals surface area (Å²) >= 11 is 3.56. The number of nitrogens with zero attached hydrogens (tertiary/aromatic N) is 2. The van der Waals surface area contributed by atoms with Gasteiger partial charge >= 0.3 is 0 Å². The Hall–Kier alpha value is -0.380. The van der Waals surface area contributed by atoms with E-state index < -0.39 is 0 Å². The van der Waals surface area contributed by atoms with E-state index in [0.29, 0.717) is 0 Å². The molecule has 1 aromatic carbocycles. The molecule has 0 atom stereocenters. The van der Waals surface area contributed by atoms with Crippen LogP contribution in [0.1, 0.15) is 31.2 Å². The second kappa shape index (κ2) is 6.38. The first kappa shape index (κ1) is 13.6. The largest absolute Gasteiger partial charge is 0.300 e. The molecule has 3 rings (SSSR count). The van der Waals surface area contributed by atoms with Crippen LogP contribution in [0.25, 0.3) is 0 Å². The fraction of sp³-hybridized carbons (Fsp3) is 0.625. The number of piperidine rings is 1. The summed E-state index contributed by atoms with van der Waals surface area (Å²) in [5, 5.41) is 0. The first-order chi connectivity index (χ1) is 9.31. The van der Waals surface area contributed by atoms with Gasteiger partial charge in [-0.2, -0.15) is 0 Å². The van der Waals surface area contributed by atoms with Crippen molar-refractivity contribution in [1.82, 2.24) is 9.80 Å². The van der Waals surface area contributed by atoms with Crippen LogP contribution in [-0.2, 0) is 6.54 Å². The Kier molecular flexibility index (Phi) is 4.57. The Labute approximate surface area is 124 Å². The number of hydrogen-bond donors (Lipinski definition) is 0. The van der Waals surface area contributed by atoms with Gasteiger partial charge in [-0.05, 0) is 69.6 Å². The predicted molar refractivity (Wildman–Crippen MR) is 83.2 cm³/mol. The predicted octanol–water partition coefficient (Wildman–Crippen LogP) is 3.51. The molecule has 2 nitrogen and oxygen atoms in total. The minimum Gasteiger partial charge on any atom is -0.300 e. The Bertz CT molecular complexity index is 407. The summed E-state index contributed by atoms with van der Waals surface area (Å²) in [6, 6.07) is 9.57. The lowest BCUT2D eigenvalue weighted by Gasteiger charge is -2.36. The average molecular weight is 323 g/mol. The van der Waals surface area contributed by atoms with Gasteiger partial charge in [0.05, 0.1) is 0 Å². The minimum atomic E-state index is 0.862. The summed E-state index contributed by atoms with van der Waals surface area (Å²) in [7, 11) is 0. The second-order valence-corrected chi connectivity index (χ2v) is 6.80. The van der Waals surface area contributed by atoms with Crippen molar-refractivity contribution < 1.29 is 0 Å². The van der Waals surface area contributed by atoms with Gasteiger partial charge in [-0.1, -0.05) is 28.1 Å². The molecule has 1 aromatic rings. The highest BCUT2D eigenvalue weighted by Crippen LogP contribution is 2.22. The third-order valence-corrected chi connectivity index (χ3v) is 5.00. The lowest BCUT2D eigenvalue weighted by molar-refractivity contribution is 0.122. The van der Waals surface area contributed by atoms with Crippen molar-refractivity contribution in [2.75, 3.05) is 26.2 Å². The van der Waals surface area contributed by atoms with Gasteiger partial charge in [0.25, 0.3) is 0 Å². The first-order valence-corrected chi connectivity index (χ1v) is 8.31. The van der Waals surface area contributed by atoms with Gasteiger partial charge in [-0.3, -0.25) is 4.90 Å². The lowest BCUT2D eigenvalue weighted by Crippen LogP contribution is -2.43. The first-order valence-electron chi connectivity index (χ1n) is 7.52. The Morgan fingerprint density at radius 3 is 2.47 bits per heavy atom. The van der Waals surface area contributed by atoms with Crippen molar-refractivity contribution in [2.45, 2.75) is 38.3 Å². The van der Waals surface area contributed by atoms with E-state index in [4.69, 9.17) is 0 Å². The second-order valence-electron chi connectivity index (χ2n) is 5.88. The molecule has 19 heavy (non-hydrogen) atoms. The van der Waals surface area contributed by atoms with Gasteiger partial charge in [-0.15, -0.1) is 0 Å². The van der Waals surface area contributed by atoms with Crippen LogP contribution in [0.5, 0.6) is 0 Å². The summed E-state index contributed by atoms with van der Waals surface area (Å²) < 4.78 is 1.19. The summed E-state index contributed by atoms with van der Waals surface area (Å²) in [6.45, 7) is 6.31. The quantitative estimate of drug-likeness (QED) is 0.840. The van der Waals surface area contributed by atoms with E-state index in [2.05, 4.69) is 50.0 Å². The van der Waals surface area contributed by atoms with E-state index >= 15 is 0 Å². The van der Waals surface area contributed by atoms with E-state index in [1.165, 1.54) is 61.9 Å². The molecule has 0 N–H and O–H groups in total. The van der Waals surface area contributed by atoms with Gasteiger partial charge in [0.1, 0.15) is 0 Å². The standard InChI is InChI=1S/C16H23BrN2/c17-15-5-3-4-14(12-15)13-18-10-6-16(7-11-18)19-8-1-2-9-19/h3-5,12,16H,1-2,6-11,13H2. The number of benzene rings is 1. The number of halogens is 1. The monoisotopic (exact) mass is 322 g/mol. The van der Waals surface area contributed by atoms with Crippen LogP contribution in [0.4, 0.5) is 0 Å². The highest BCUT2D eigenvalue weighted by atomic mass is 79.9. The van der Waals surface area contributed by atoms with E-state index in [1.807, 2.05) is 0 Å². The Morgan fingerprint density at radius 2 is 1.79 bits per heavy atom. The zero-order chi connectivity index (χ0) is 13.1. The summed E-state index contributed by atoms with van der Waals surface area (Å²) in [5.41, 5.74) is 1.42. The van der Waals surface area contributed by atoms with Crippen molar-refractivity contribution in [3.05, 3.63) is 34.3 Å². The van der Waals surface area contributed by atoms with Gasteiger partial charge < -0.3 is 4.90 Å². The van der Waals surface area contributed by atoms with Crippen LogP contribution in [0.2, 0.25) is 0 Å². The molecule has 2 saturated heterocycles. The van der Waals surface area contributed by atoms with Gasteiger partial charge in [0.2, 0.25) is 0 Å². The number of hydrogen-bond acceptors (Lipinski definition) is 2. The maximum atomic E-state index is 3.56. The average Bonchev–Trinajstić information content (AvgIpc) is 2.94. The maximum Gasteiger partial charge on any atom is 0.0234 e. The molecule has 3 heteroatoms. The van der Waals surface area contributed by atoms with Crippen LogP contribution in [-0.4, -0.2) is 42.0 Å². The Balaban J connectivity index is 1.50. The van der Waals surface area contributed by atoms with Crippen LogP contribution < -0.4 is 0 Å². The molecular formula is C16H23BrN2. The zero-order valence-electron chi connectivity index (χ0n) is 11.5. The third kappa shape index (κ3) is 3.59. The van der Waals surface area contributed by atoms with E-state index in [1.54, 1.807) is 0 Å². The topological polar surface area (TPSA) is 6.48 Å². The Morgan fingerprint density at radius 1 is 1.05 bits per heavy atom. The normalized spacial score (nSPS) is 23.0. The van der Waals surface area contributed by atoms with E-state index in [9.17, 15) is 0 Å². The molecule has 104 valence electrons. The van der Waals surface area contributed by atoms with Crippen LogP contribution in [0, 0.1) is 0 Å². The fourth-order valence-corrected chi connectivity index (χ4v) is 3.89. The molecule has 0 aromatic heterocycles. The van der Waals surface area contributed by atoms with Crippen molar-refractivity contribution in [1.29, 1.82) is 0 Å². The molecule has 2 aliphatic heterocycles. The third-order valence-electron chi connectivity index (χ3n) is 4.51. The molecule has 0 unspecified atom stereocenters. The molecule has 0 bridgehead atoms. The lowest BCUT2D eigenvalue weighted by atomic mass is 10.0. The molecule has 2 heterocycles. The fourth-order valence-electron chi connectivity index (χ4n) is 3.44. The van der Waals surface area contributed by atoms with E-state index in [0.717, 1.165) is 12.6 Å². The smallest absolute Gasteiger partial charge is 0.0234 e. The summed E-state index contributed by atoms with van der Waals surface area (Å²) in [6.07, 6.45) is 5.54. The summed E-state index contributed by atoms with van der Waals surface area (Å²) in [5.74, 6) is 0. The molecule has 0 amide bonds. The van der Waals surface area contributed by atoms with Crippen LogP contribution in [0.15, 0.2) is 28.7 Å². The van der Waals surface area contributed by atoms with Crippen molar-refractivity contribution >= 4 is 15.9 Å². The SMILES string of the molecule is Brc1cccc(CN2CCC(N3CCCC3)CC2)c1. The highest BCUT2D eigenvalue weighted by molar-refractivity contribution is 9.10. The molecule has 0 saturated carbocycles. The van der Waals surface area contributed by atoms with Gasteiger partial charge in [-0.25, -0.2) is 0 Å². The molecule has 0 spiro atoms. The number of rotatable bonds is 3. The zero-order valence-corrected chi connectivity index (χ0v) is 13.1. The molecular weight excluding hydrogens is 300 g/mol. The van der Waals surface area contributed by atoms with Crippen molar-refractivity contribution in [2.24, 2.45) is 0 Å². The van der Waals surface area contributed by atoms with Crippen LogP contribution >= 0.6 is 15.9 Å². The van der Waals surface area contributed by atoms with Crippen molar-refractivity contribution in [3.8, 4) is 0 Å². The van der Waals surface area contributed by atoms with Crippen molar-refractivity contribution in [3.63, 3.8) is 0 Å². The number of likely N-dealkylation sites (tertiary alicyclic amines) is 2. The molecule has 0 aliphatic carbocycles. The highest BCUT2D eigenvalue weighted by Gasteiger charge is 2.26. The van der Waals surface area contributed by atoms with Crippen LogP contribution in [0.3, 0.4) is 0 Å². The van der Waals surface area contributed by atoms with Gasteiger partial charge in [0, 0.05) is 17.1 Å².